The van der Waals surface area contributed by atoms with Crippen molar-refractivity contribution in [2.24, 2.45) is 0 Å². The Kier molecular flexibility index (Phi) is 3.69. The lowest BCUT2D eigenvalue weighted by Gasteiger charge is -2.16. The fourth-order valence-electron chi connectivity index (χ4n) is 1.52. The van der Waals surface area contributed by atoms with Gasteiger partial charge in [0, 0.05) is 7.05 Å². The standard InChI is InChI=1S/C11H16ClN3/c1-6(2)8-5-9(12)15-10(7(3)13)11(8)14-4/h5-6,13-14H,1-4H3. The van der Waals surface area contributed by atoms with Crippen LogP contribution >= 0.6 is 11.6 Å². The molecule has 1 aromatic heterocycles. The quantitative estimate of drug-likeness (QED) is 0.613. The van der Waals surface area contributed by atoms with Crippen molar-refractivity contribution < 1.29 is 0 Å². The molecule has 2 N–H and O–H groups in total. The zero-order chi connectivity index (χ0) is 11.6. The summed E-state index contributed by atoms with van der Waals surface area (Å²) in [4.78, 5) is 4.16. The van der Waals surface area contributed by atoms with Gasteiger partial charge >= 0.3 is 0 Å². The summed E-state index contributed by atoms with van der Waals surface area (Å²) in [5.41, 5.74) is 3.05. The van der Waals surface area contributed by atoms with Crippen molar-refractivity contribution in [2.75, 3.05) is 12.4 Å². The minimum Gasteiger partial charge on any atom is -0.386 e. The zero-order valence-corrected chi connectivity index (χ0v) is 10.2. The van der Waals surface area contributed by atoms with Crippen molar-refractivity contribution in [3.63, 3.8) is 0 Å². The highest BCUT2D eigenvalue weighted by molar-refractivity contribution is 6.29. The maximum atomic E-state index is 7.65. The first-order valence-electron chi connectivity index (χ1n) is 4.91. The summed E-state index contributed by atoms with van der Waals surface area (Å²) in [6.45, 7) is 5.90. The Morgan fingerprint density at radius 2 is 2.13 bits per heavy atom. The lowest BCUT2D eigenvalue weighted by atomic mass is 10.00. The van der Waals surface area contributed by atoms with E-state index in [1.54, 1.807) is 6.92 Å². The van der Waals surface area contributed by atoms with Gasteiger partial charge in [-0.15, -0.1) is 0 Å². The van der Waals surface area contributed by atoms with Crippen LogP contribution in [0.25, 0.3) is 0 Å². The molecule has 0 fully saturated rings. The third-order valence-electron chi connectivity index (χ3n) is 2.25. The Morgan fingerprint density at radius 1 is 1.53 bits per heavy atom. The molecule has 1 aromatic rings. The van der Waals surface area contributed by atoms with Gasteiger partial charge in [-0.1, -0.05) is 25.4 Å². The largest absolute Gasteiger partial charge is 0.386 e. The van der Waals surface area contributed by atoms with Crippen LogP contribution in [0.4, 0.5) is 5.69 Å². The van der Waals surface area contributed by atoms with Crippen molar-refractivity contribution in [3.8, 4) is 0 Å². The number of rotatable bonds is 3. The van der Waals surface area contributed by atoms with Crippen molar-refractivity contribution in [2.45, 2.75) is 26.7 Å². The molecule has 0 aromatic carbocycles. The number of hydrogen-bond donors (Lipinski definition) is 2. The fourth-order valence-corrected chi connectivity index (χ4v) is 1.72. The summed E-state index contributed by atoms with van der Waals surface area (Å²) in [6.07, 6.45) is 0. The SMILES string of the molecule is CNc1c(C(C)C)cc(Cl)nc1C(C)=N. The van der Waals surface area contributed by atoms with Crippen LogP contribution in [0.2, 0.25) is 5.15 Å². The summed E-state index contributed by atoms with van der Waals surface area (Å²) >= 11 is 5.93. The normalized spacial score (nSPS) is 10.5. The highest BCUT2D eigenvalue weighted by Gasteiger charge is 2.14. The second-order valence-corrected chi connectivity index (χ2v) is 4.17. The van der Waals surface area contributed by atoms with E-state index in [4.69, 9.17) is 17.0 Å². The van der Waals surface area contributed by atoms with Crippen LogP contribution in [0.3, 0.4) is 0 Å². The Hall–Kier alpha value is -1.09. The highest BCUT2D eigenvalue weighted by atomic mass is 35.5. The molecule has 4 heteroatoms. The summed E-state index contributed by atoms with van der Waals surface area (Å²) in [5.74, 6) is 0.353. The fraction of sp³-hybridized carbons (Fsp3) is 0.455. The monoisotopic (exact) mass is 225 g/mol. The molecule has 0 unspecified atom stereocenters. The molecule has 0 saturated heterocycles. The molecule has 1 rings (SSSR count). The van der Waals surface area contributed by atoms with Gasteiger partial charge in [-0.25, -0.2) is 4.98 Å². The van der Waals surface area contributed by atoms with Crippen LogP contribution in [-0.4, -0.2) is 17.7 Å². The Balaban J connectivity index is 3.45. The summed E-state index contributed by atoms with van der Waals surface area (Å²) in [6, 6.07) is 1.85. The van der Waals surface area contributed by atoms with Crippen molar-refractivity contribution in [1.82, 2.24) is 4.98 Å². The zero-order valence-electron chi connectivity index (χ0n) is 9.48. The molecule has 0 aliphatic carbocycles. The predicted molar refractivity (Wildman–Crippen MR) is 65.4 cm³/mol. The molecule has 0 aliphatic rings. The number of halogens is 1. The van der Waals surface area contributed by atoms with Crippen LogP contribution in [0, 0.1) is 5.41 Å². The molecular weight excluding hydrogens is 210 g/mol. The smallest absolute Gasteiger partial charge is 0.130 e. The predicted octanol–water partition coefficient (Wildman–Crippen LogP) is 3.29. The summed E-state index contributed by atoms with van der Waals surface area (Å²) in [7, 11) is 1.84. The van der Waals surface area contributed by atoms with Gasteiger partial charge in [0.05, 0.1) is 11.4 Å². The molecule has 0 amide bonds. The maximum Gasteiger partial charge on any atom is 0.130 e. The second-order valence-electron chi connectivity index (χ2n) is 3.79. The number of anilines is 1. The summed E-state index contributed by atoms with van der Waals surface area (Å²) < 4.78 is 0. The molecule has 0 spiro atoms. The molecule has 1 heterocycles. The Bertz CT molecular complexity index is 386. The first-order chi connectivity index (χ1) is 6.97. The number of nitrogens with one attached hydrogen (secondary N) is 2. The first kappa shape index (κ1) is 12.0. The van der Waals surface area contributed by atoms with Gasteiger partial charge < -0.3 is 10.7 Å². The minimum atomic E-state index is 0.353. The van der Waals surface area contributed by atoms with E-state index in [-0.39, 0.29) is 0 Å². The van der Waals surface area contributed by atoms with E-state index in [1.165, 1.54) is 0 Å². The number of aromatic nitrogens is 1. The maximum absolute atomic E-state index is 7.65. The lowest BCUT2D eigenvalue weighted by molar-refractivity contribution is 0.864. The minimum absolute atomic E-state index is 0.353. The van der Waals surface area contributed by atoms with Crippen LogP contribution in [-0.2, 0) is 0 Å². The average molecular weight is 226 g/mol. The Labute approximate surface area is 95.4 Å². The van der Waals surface area contributed by atoms with Gasteiger partial charge in [-0.3, -0.25) is 0 Å². The van der Waals surface area contributed by atoms with E-state index in [2.05, 4.69) is 24.1 Å². The van der Waals surface area contributed by atoms with Gasteiger partial charge in [0.15, 0.2) is 0 Å². The van der Waals surface area contributed by atoms with E-state index in [0.29, 0.717) is 22.5 Å². The van der Waals surface area contributed by atoms with Crippen molar-refractivity contribution >= 4 is 23.0 Å². The Morgan fingerprint density at radius 3 is 2.53 bits per heavy atom. The van der Waals surface area contributed by atoms with E-state index in [1.807, 2.05) is 13.1 Å². The number of pyridine rings is 1. The first-order valence-corrected chi connectivity index (χ1v) is 5.28. The van der Waals surface area contributed by atoms with Gasteiger partial charge in [0.2, 0.25) is 0 Å². The molecule has 0 saturated carbocycles. The van der Waals surface area contributed by atoms with E-state index in [9.17, 15) is 0 Å². The second kappa shape index (κ2) is 4.62. The third kappa shape index (κ3) is 2.48. The molecular formula is C11H16ClN3. The van der Waals surface area contributed by atoms with Crippen LogP contribution in [0.5, 0.6) is 0 Å². The topological polar surface area (TPSA) is 48.8 Å². The van der Waals surface area contributed by atoms with E-state index < -0.39 is 0 Å². The molecule has 15 heavy (non-hydrogen) atoms. The van der Waals surface area contributed by atoms with Gasteiger partial charge in [-0.05, 0) is 24.5 Å². The lowest BCUT2D eigenvalue weighted by Crippen LogP contribution is -2.08. The van der Waals surface area contributed by atoms with Gasteiger partial charge in [0.25, 0.3) is 0 Å². The summed E-state index contributed by atoms with van der Waals surface area (Å²) in [5, 5.41) is 11.2. The van der Waals surface area contributed by atoms with Crippen molar-refractivity contribution in [3.05, 3.63) is 22.5 Å². The van der Waals surface area contributed by atoms with Crippen LogP contribution in [0.1, 0.15) is 37.9 Å². The third-order valence-corrected chi connectivity index (χ3v) is 2.44. The van der Waals surface area contributed by atoms with E-state index in [0.717, 1.165) is 11.3 Å². The van der Waals surface area contributed by atoms with Crippen LogP contribution < -0.4 is 5.32 Å². The number of nitrogens with zero attached hydrogens (tertiary/aromatic N) is 1. The molecule has 0 aliphatic heterocycles. The highest BCUT2D eigenvalue weighted by Crippen LogP contribution is 2.29. The molecule has 82 valence electrons. The molecule has 0 atom stereocenters. The van der Waals surface area contributed by atoms with Crippen LogP contribution in [0.15, 0.2) is 6.07 Å². The van der Waals surface area contributed by atoms with E-state index >= 15 is 0 Å². The van der Waals surface area contributed by atoms with Crippen molar-refractivity contribution in [1.29, 1.82) is 5.41 Å². The van der Waals surface area contributed by atoms with Gasteiger partial charge in [0.1, 0.15) is 10.8 Å². The molecule has 0 bridgehead atoms. The average Bonchev–Trinajstić information content (AvgIpc) is 2.16. The molecule has 0 radical (unpaired) electrons. The number of hydrogen-bond acceptors (Lipinski definition) is 3. The molecule has 3 nitrogen and oxygen atoms in total. The van der Waals surface area contributed by atoms with Gasteiger partial charge in [-0.2, -0.15) is 0 Å².